The van der Waals surface area contributed by atoms with Gasteiger partial charge in [-0.1, -0.05) is 67.6 Å². The second-order valence-electron chi connectivity index (χ2n) is 24.3. The fourth-order valence-electron chi connectivity index (χ4n) is 8.22. The molecule has 0 bridgehead atoms. The molecule has 2 aromatic carbocycles. The largest absolute Gasteiger partial charge is 0.506 e. The Hall–Kier alpha value is -8.60. The average molecular weight is 1390 g/mol. The maximum absolute atomic E-state index is 12.6. The number of rotatable bonds is 9. The van der Waals surface area contributed by atoms with Gasteiger partial charge in [-0.2, -0.15) is 0 Å². The van der Waals surface area contributed by atoms with Crippen molar-refractivity contribution < 1.29 is 71.8 Å². The quantitative estimate of drug-likeness (QED) is 0.103. The van der Waals surface area contributed by atoms with E-state index in [2.05, 4.69) is 69.0 Å². The number of aromatic nitrogens is 5. The van der Waals surface area contributed by atoms with Crippen LogP contribution in [0.1, 0.15) is 80.4 Å². The first kappa shape index (κ1) is 71.5. The van der Waals surface area contributed by atoms with Gasteiger partial charge < -0.3 is 58.3 Å². The molecule has 8 heterocycles. The van der Waals surface area contributed by atoms with Crippen LogP contribution in [0.15, 0.2) is 113 Å². The van der Waals surface area contributed by atoms with E-state index >= 15 is 0 Å². The van der Waals surface area contributed by atoms with Gasteiger partial charge in [-0.25, -0.2) is 48.9 Å². The number of amides is 7. The first-order valence-electron chi connectivity index (χ1n) is 29.3. The van der Waals surface area contributed by atoms with E-state index < -0.39 is 23.4 Å². The highest BCUT2D eigenvalue weighted by molar-refractivity contribution is 9.10. The lowest BCUT2D eigenvalue weighted by Crippen LogP contribution is -2.57. The second kappa shape index (κ2) is 33.5. The van der Waals surface area contributed by atoms with Gasteiger partial charge in [0.2, 0.25) is 23.6 Å². The minimum absolute atomic E-state index is 0.0528. The van der Waals surface area contributed by atoms with E-state index in [1.54, 1.807) is 39.2 Å². The van der Waals surface area contributed by atoms with Crippen molar-refractivity contribution in [2.45, 2.75) is 111 Å². The van der Waals surface area contributed by atoms with Crippen molar-refractivity contribution in [3.63, 3.8) is 0 Å². The standard InChI is InChI=1S/C24H29N5O6.C12H16BrN3O3.C12H14N2O3.C9H17NO2.C5H4BrNO/c1-24(2,3)35-23(32)28-13-18(14-28)34-20-12-25-19(11-26-20)29-10-9-27(15-21(29)30)22(31)33-16-17-7-5-4-6-8-17;1-12(2,3)19-11(17)16-6-8(7-16)18-10-5-14-9(13)4-15-10;15-11-8-14(7-6-13-11)12(16)17-9-10-4-2-1-3-5-10;1-7-5-10(6-7)8(11)12-9(2,3)4;6-5-2-1-4(8)3-7-5/h4-8,11-12,18H,9-10,13-16H2,1-3H3;4-5,8H,6-7H2,1-3H3;1-5H,6-9H2,(H,13,15);7H,5-6H2,1-4H3;1-3,8H. The molecule has 0 unspecified atom stereocenters. The Bertz CT molecular complexity index is 3140. The number of piperazine rings is 2. The molecule has 5 saturated heterocycles. The number of hydrogen-bond donors (Lipinski definition) is 2. The minimum Gasteiger partial charge on any atom is -0.506 e. The summed E-state index contributed by atoms with van der Waals surface area (Å²) in [4.78, 5) is 112. The number of nitrogens with zero attached hydrogens (tertiary/aromatic N) is 11. The topological polar surface area (TPSA) is 300 Å². The highest BCUT2D eigenvalue weighted by atomic mass is 79.9. The highest BCUT2D eigenvalue weighted by Crippen LogP contribution is 2.24. The zero-order valence-corrected chi connectivity index (χ0v) is 56.0. The van der Waals surface area contributed by atoms with Crippen LogP contribution < -0.4 is 19.7 Å². The Kier molecular flexibility index (Phi) is 26.3. The Balaban J connectivity index is 0.000000199. The van der Waals surface area contributed by atoms with Crippen molar-refractivity contribution in [2.75, 3.05) is 83.4 Å². The molecule has 0 aliphatic carbocycles. The van der Waals surface area contributed by atoms with Gasteiger partial charge in [0.15, 0.2) is 5.82 Å². The third-order valence-electron chi connectivity index (χ3n) is 12.7. The molecule has 5 aromatic rings. The number of carbonyl (C=O) groups is 7. The van der Waals surface area contributed by atoms with Crippen LogP contribution in [0.4, 0.5) is 29.8 Å². The van der Waals surface area contributed by atoms with Gasteiger partial charge in [0, 0.05) is 39.3 Å². The number of carbonyl (C=O) groups excluding carboxylic acids is 7. The summed E-state index contributed by atoms with van der Waals surface area (Å²) in [5.41, 5.74) is 0.427. The molecule has 91 heavy (non-hydrogen) atoms. The average Bonchev–Trinajstić information content (AvgIpc) is 2.20. The molecule has 10 rings (SSSR count). The monoisotopic (exact) mass is 1390 g/mol. The fraction of sp³-hybridized carbons (Fsp3) is 0.484. The Morgan fingerprint density at radius 1 is 0.516 bits per heavy atom. The summed E-state index contributed by atoms with van der Waals surface area (Å²) in [6.45, 7) is 24.2. The normalized spacial score (nSPS) is 15.8. The number of nitrogens with one attached hydrogen (secondary N) is 1. The fourth-order valence-corrected chi connectivity index (χ4v) is 8.66. The zero-order valence-electron chi connectivity index (χ0n) is 52.8. The number of hydrogen-bond acceptors (Lipinski definition) is 20. The number of pyridine rings is 1. The molecule has 27 nitrogen and oxygen atoms in total. The molecule has 29 heteroatoms. The van der Waals surface area contributed by atoms with Gasteiger partial charge in [0.05, 0.1) is 57.2 Å². The van der Waals surface area contributed by atoms with Crippen LogP contribution in [0, 0.1) is 5.92 Å². The van der Waals surface area contributed by atoms with Crippen LogP contribution in [0.5, 0.6) is 17.5 Å². The Labute approximate surface area is 546 Å². The van der Waals surface area contributed by atoms with Crippen LogP contribution in [0.25, 0.3) is 0 Å². The van der Waals surface area contributed by atoms with Gasteiger partial charge in [0.25, 0.3) is 0 Å². The summed E-state index contributed by atoms with van der Waals surface area (Å²) in [5.74, 6) is 1.54. The van der Waals surface area contributed by atoms with Gasteiger partial charge in [0.1, 0.15) is 70.3 Å². The molecular weight excluding hydrogens is 1310 g/mol. The van der Waals surface area contributed by atoms with Gasteiger partial charge in [-0.15, -0.1) is 0 Å². The maximum atomic E-state index is 12.6. The Morgan fingerprint density at radius 3 is 1.35 bits per heavy atom. The maximum Gasteiger partial charge on any atom is 0.410 e. The molecule has 7 amide bonds. The number of likely N-dealkylation sites (tertiary alicyclic amines) is 3. The third-order valence-corrected chi connectivity index (χ3v) is 13.6. The van der Waals surface area contributed by atoms with Crippen LogP contribution in [0.2, 0.25) is 0 Å². The number of anilines is 1. The van der Waals surface area contributed by atoms with E-state index in [1.165, 1.54) is 33.3 Å². The van der Waals surface area contributed by atoms with Gasteiger partial charge >= 0.3 is 30.5 Å². The van der Waals surface area contributed by atoms with E-state index in [-0.39, 0.29) is 86.5 Å². The van der Waals surface area contributed by atoms with E-state index in [4.69, 9.17) is 38.3 Å². The molecule has 5 fully saturated rings. The predicted molar refractivity (Wildman–Crippen MR) is 339 cm³/mol. The first-order valence-corrected chi connectivity index (χ1v) is 30.9. The number of ether oxygens (including phenoxy) is 7. The smallest absolute Gasteiger partial charge is 0.410 e. The lowest BCUT2D eigenvalue weighted by Gasteiger charge is -2.39. The van der Waals surface area contributed by atoms with Gasteiger partial charge in [-0.05, 0) is 123 Å². The van der Waals surface area contributed by atoms with Gasteiger partial charge in [-0.3, -0.25) is 24.3 Å². The lowest BCUT2D eigenvalue weighted by molar-refractivity contribution is -0.123. The molecular formula is C62H80Br2N12O15. The minimum atomic E-state index is -0.546. The van der Waals surface area contributed by atoms with E-state index in [0.29, 0.717) is 73.9 Å². The molecule has 0 spiro atoms. The third kappa shape index (κ3) is 25.7. The summed E-state index contributed by atoms with van der Waals surface area (Å²) in [6, 6.07) is 22.0. The van der Waals surface area contributed by atoms with E-state index in [9.17, 15) is 33.6 Å². The summed E-state index contributed by atoms with van der Waals surface area (Å²) in [5, 5.41) is 11.3. The second-order valence-corrected chi connectivity index (χ2v) is 25.9. The van der Waals surface area contributed by atoms with Crippen LogP contribution in [-0.2, 0) is 46.5 Å². The summed E-state index contributed by atoms with van der Waals surface area (Å²) in [7, 11) is 0. The summed E-state index contributed by atoms with van der Waals surface area (Å²) in [6.07, 6.45) is 5.30. The molecule has 5 aliphatic heterocycles. The van der Waals surface area contributed by atoms with E-state index in [0.717, 1.165) is 28.8 Å². The zero-order chi connectivity index (χ0) is 66.5. The van der Waals surface area contributed by atoms with Crippen molar-refractivity contribution in [3.8, 4) is 17.5 Å². The number of halogens is 2. The van der Waals surface area contributed by atoms with Crippen molar-refractivity contribution in [1.82, 2.24) is 54.7 Å². The van der Waals surface area contributed by atoms with Crippen molar-refractivity contribution in [1.29, 1.82) is 0 Å². The van der Waals surface area contributed by atoms with Crippen molar-refractivity contribution in [2.24, 2.45) is 5.92 Å². The lowest BCUT2D eigenvalue weighted by atomic mass is 10.0. The molecule has 2 N–H and O–H groups in total. The van der Waals surface area contributed by atoms with Crippen LogP contribution in [0.3, 0.4) is 0 Å². The van der Waals surface area contributed by atoms with Crippen LogP contribution in [-0.4, -0.2) is 204 Å². The number of benzene rings is 2. The molecule has 0 saturated carbocycles. The predicted octanol–water partition coefficient (Wildman–Crippen LogP) is 8.88. The van der Waals surface area contributed by atoms with Crippen molar-refractivity contribution in [3.05, 3.63) is 124 Å². The highest BCUT2D eigenvalue weighted by Gasteiger charge is 2.38. The van der Waals surface area contributed by atoms with Crippen LogP contribution >= 0.6 is 31.9 Å². The number of aromatic hydroxyl groups is 1. The molecule has 0 atom stereocenters. The van der Waals surface area contributed by atoms with E-state index in [1.807, 2.05) is 123 Å². The summed E-state index contributed by atoms with van der Waals surface area (Å²) < 4.78 is 38.9. The SMILES string of the molecule is CC(C)(C)OC(=O)N1CC(Oc2cnc(Br)cn2)C1.CC(C)(C)OC(=O)N1CC(Oc2cnc(N3CCN(C(=O)OCc4ccccc4)CC3=O)cn2)C1.CC1CN(C(=O)OC(C)(C)C)C1.O=C1CN(C(=O)OCc2ccccc2)CCN1.Oc1ccc(Br)nc1. The Morgan fingerprint density at radius 2 is 0.967 bits per heavy atom. The molecule has 0 radical (unpaired) electrons. The first-order chi connectivity index (χ1) is 42.9. The molecule has 3 aromatic heterocycles. The molecule has 5 aliphatic rings. The summed E-state index contributed by atoms with van der Waals surface area (Å²) >= 11 is 6.32. The molecule has 492 valence electrons. The van der Waals surface area contributed by atoms with Crippen molar-refractivity contribution >= 4 is 80.0 Å².